The summed E-state index contributed by atoms with van der Waals surface area (Å²) in [5, 5.41) is 1.92. The first kappa shape index (κ1) is 12.9. The number of nitrogens with one attached hydrogen (secondary N) is 2. The Morgan fingerprint density at radius 1 is 1.25 bits per heavy atom. The van der Waals surface area contributed by atoms with Crippen LogP contribution >= 0.6 is 11.3 Å². The Morgan fingerprint density at radius 2 is 2.00 bits per heavy atom. The van der Waals surface area contributed by atoms with E-state index in [1.165, 1.54) is 11.3 Å². The predicted octanol–water partition coefficient (Wildman–Crippen LogP) is 2.04. The molecule has 2 aromatic heterocycles. The van der Waals surface area contributed by atoms with Gasteiger partial charge in [-0.15, -0.1) is 11.3 Å². The van der Waals surface area contributed by atoms with E-state index in [0.29, 0.717) is 16.5 Å². The van der Waals surface area contributed by atoms with Crippen LogP contribution in [0.5, 0.6) is 0 Å². The second-order valence-corrected chi connectivity index (χ2v) is 5.81. The Labute approximate surface area is 120 Å². The van der Waals surface area contributed by atoms with E-state index >= 15 is 0 Å². The summed E-state index contributed by atoms with van der Waals surface area (Å²) in [6, 6.07) is 5.47. The fourth-order valence-corrected chi connectivity index (χ4v) is 3.03. The summed E-state index contributed by atoms with van der Waals surface area (Å²) in [5.41, 5.74) is 6.53. The number of hydrogen-bond acceptors (Lipinski definition) is 3. The minimum Gasteiger partial charge on any atom is -0.347 e. The summed E-state index contributed by atoms with van der Waals surface area (Å²) in [4.78, 5) is 24.7. The average molecular weight is 289 g/mol. The van der Waals surface area contributed by atoms with Crippen molar-refractivity contribution < 1.29 is 9.59 Å². The van der Waals surface area contributed by atoms with Gasteiger partial charge in [-0.05, 0) is 47.9 Å². The van der Waals surface area contributed by atoms with E-state index in [9.17, 15) is 9.59 Å². The van der Waals surface area contributed by atoms with Gasteiger partial charge in [0.15, 0.2) is 0 Å². The largest absolute Gasteiger partial charge is 0.347 e. The van der Waals surface area contributed by atoms with Gasteiger partial charge in [-0.1, -0.05) is 0 Å². The summed E-state index contributed by atoms with van der Waals surface area (Å²) in [6.07, 6.45) is 4.07. The third kappa shape index (κ3) is 2.46. The number of hydrazine groups is 1. The lowest BCUT2D eigenvalue weighted by atomic mass is 10.1. The molecule has 0 bridgehead atoms. The zero-order chi connectivity index (χ0) is 14.1. The van der Waals surface area contributed by atoms with Gasteiger partial charge in [0.1, 0.15) is 5.69 Å². The normalized spacial score (nSPS) is 14.1. The van der Waals surface area contributed by atoms with Crippen LogP contribution in [0.3, 0.4) is 0 Å². The Hall–Kier alpha value is -2.08. The third-order valence-corrected chi connectivity index (χ3v) is 4.31. The van der Waals surface area contributed by atoms with E-state index in [1.54, 1.807) is 29.9 Å². The molecule has 5 nitrogen and oxygen atoms in total. The molecule has 1 fully saturated rings. The van der Waals surface area contributed by atoms with Gasteiger partial charge in [-0.2, -0.15) is 0 Å². The molecule has 2 aromatic rings. The van der Waals surface area contributed by atoms with Gasteiger partial charge in [0.2, 0.25) is 0 Å². The van der Waals surface area contributed by atoms with E-state index in [4.69, 9.17) is 0 Å². The van der Waals surface area contributed by atoms with Gasteiger partial charge in [0, 0.05) is 13.2 Å². The molecular formula is C14H15N3O2S. The lowest BCUT2D eigenvalue weighted by molar-refractivity contribution is 0.0843. The van der Waals surface area contributed by atoms with Crippen molar-refractivity contribution in [2.45, 2.75) is 18.8 Å². The molecular weight excluding hydrogens is 274 g/mol. The molecule has 2 N–H and O–H groups in total. The molecule has 0 radical (unpaired) electrons. The molecule has 0 spiro atoms. The first-order valence-corrected chi connectivity index (χ1v) is 7.34. The molecule has 1 saturated carbocycles. The molecule has 0 saturated heterocycles. The first-order valence-electron chi connectivity index (χ1n) is 6.46. The maximum atomic E-state index is 12.1. The lowest BCUT2D eigenvalue weighted by Gasteiger charge is -2.08. The average Bonchev–Trinajstić information content (AvgIpc) is 3.00. The minimum atomic E-state index is -0.324. The van der Waals surface area contributed by atoms with Gasteiger partial charge in [-0.3, -0.25) is 20.4 Å². The number of aryl methyl sites for hydroxylation is 1. The molecule has 2 amide bonds. The Morgan fingerprint density at radius 3 is 2.65 bits per heavy atom. The van der Waals surface area contributed by atoms with Crippen molar-refractivity contribution in [3.05, 3.63) is 45.9 Å². The van der Waals surface area contributed by atoms with E-state index in [2.05, 4.69) is 10.9 Å². The Bertz CT molecular complexity index is 655. The predicted molar refractivity (Wildman–Crippen MR) is 76.6 cm³/mol. The van der Waals surface area contributed by atoms with Crippen molar-refractivity contribution in [3.63, 3.8) is 0 Å². The summed E-state index contributed by atoms with van der Waals surface area (Å²) in [5.74, 6) is -0.0505. The third-order valence-electron chi connectivity index (χ3n) is 3.39. The molecule has 1 aliphatic carbocycles. The van der Waals surface area contributed by atoms with Crippen LogP contribution < -0.4 is 10.9 Å². The Kier molecular flexibility index (Phi) is 3.31. The van der Waals surface area contributed by atoms with Crippen molar-refractivity contribution in [2.75, 3.05) is 0 Å². The van der Waals surface area contributed by atoms with Gasteiger partial charge in [-0.25, -0.2) is 0 Å². The first-order chi connectivity index (χ1) is 9.66. The summed E-state index contributed by atoms with van der Waals surface area (Å²) >= 11 is 1.41. The molecule has 3 rings (SSSR count). The van der Waals surface area contributed by atoms with E-state index in [0.717, 1.165) is 18.4 Å². The van der Waals surface area contributed by atoms with Crippen LogP contribution in [0.25, 0.3) is 0 Å². The number of amides is 2. The molecule has 0 aliphatic heterocycles. The van der Waals surface area contributed by atoms with Crippen molar-refractivity contribution >= 4 is 23.2 Å². The zero-order valence-corrected chi connectivity index (χ0v) is 11.9. The smallest absolute Gasteiger partial charge is 0.286 e. The number of nitrogens with zero attached hydrogens (tertiary/aromatic N) is 1. The van der Waals surface area contributed by atoms with Crippen molar-refractivity contribution in [1.82, 2.24) is 15.4 Å². The minimum absolute atomic E-state index is 0.246. The number of carbonyl (C=O) groups is 2. The summed E-state index contributed by atoms with van der Waals surface area (Å²) < 4.78 is 1.70. The summed E-state index contributed by atoms with van der Waals surface area (Å²) in [6.45, 7) is 0. The maximum Gasteiger partial charge on any atom is 0.286 e. The molecule has 0 unspecified atom stereocenters. The van der Waals surface area contributed by atoms with Crippen molar-refractivity contribution in [2.24, 2.45) is 7.05 Å². The van der Waals surface area contributed by atoms with Crippen LogP contribution in [0.2, 0.25) is 0 Å². The van der Waals surface area contributed by atoms with Gasteiger partial charge in [0.25, 0.3) is 11.8 Å². The van der Waals surface area contributed by atoms with Crippen LogP contribution in [-0.4, -0.2) is 16.4 Å². The number of hydrogen-bond donors (Lipinski definition) is 2. The highest BCUT2D eigenvalue weighted by atomic mass is 32.1. The van der Waals surface area contributed by atoms with Crippen molar-refractivity contribution in [3.8, 4) is 0 Å². The molecule has 104 valence electrons. The maximum absolute atomic E-state index is 12.1. The molecule has 2 heterocycles. The highest BCUT2D eigenvalue weighted by molar-refractivity contribution is 7.12. The quantitative estimate of drug-likeness (QED) is 0.849. The van der Waals surface area contributed by atoms with Crippen LogP contribution in [0, 0.1) is 0 Å². The zero-order valence-electron chi connectivity index (χ0n) is 11.1. The topological polar surface area (TPSA) is 63.1 Å². The van der Waals surface area contributed by atoms with Crippen molar-refractivity contribution in [1.29, 1.82) is 0 Å². The second kappa shape index (κ2) is 5.13. The van der Waals surface area contributed by atoms with Crippen LogP contribution in [0.15, 0.2) is 29.8 Å². The SMILES string of the molecule is Cn1cccc1C(=O)NNC(=O)c1sccc1C1CC1. The molecule has 1 aliphatic rings. The van der Waals surface area contributed by atoms with Crippen LogP contribution in [0.1, 0.15) is 44.5 Å². The number of aromatic nitrogens is 1. The summed E-state index contributed by atoms with van der Waals surface area (Å²) in [7, 11) is 1.78. The van der Waals surface area contributed by atoms with Crippen LogP contribution in [0.4, 0.5) is 0 Å². The van der Waals surface area contributed by atoms with Gasteiger partial charge in [0.05, 0.1) is 4.88 Å². The fraction of sp³-hybridized carbons (Fsp3) is 0.286. The number of rotatable bonds is 3. The molecule has 0 aromatic carbocycles. The van der Waals surface area contributed by atoms with E-state index < -0.39 is 0 Å². The molecule has 20 heavy (non-hydrogen) atoms. The molecule has 0 atom stereocenters. The Balaban J connectivity index is 1.63. The van der Waals surface area contributed by atoms with Crippen LogP contribution in [-0.2, 0) is 7.05 Å². The monoisotopic (exact) mass is 289 g/mol. The van der Waals surface area contributed by atoms with E-state index in [-0.39, 0.29) is 11.8 Å². The molecule has 6 heteroatoms. The highest BCUT2D eigenvalue weighted by Crippen LogP contribution is 2.43. The number of carbonyl (C=O) groups excluding carboxylic acids is 2. The van der Waals surface area contributed by atoms with E-state index in [1.807, 2.05) is 11.4 Å². The fourth-order valence-electron chi connectivity index (χ4n) is 2.15. The van der Waals surface area contributed by atoms with Gasteiger partial charge < -0.3 is 4.57 Å². The lowest BCUT2D eigenvalue weighted by Crippen LogP contribution is -2.42. The van der Waals surface area contributed by atoms with Gasteiger partial charge >= 0.3 is 0 Å². The highest BCUT2D eigenvalue weighted by Gasteiger charge is 2.29. The second-order valence-electron chi connectivity index (χ2n) is 4.89. The number of thiophene rings is 1. The standard InChI is InChI=1S/C14H15N3O2S/c1-17-7-2-3-11(17)13(18)15-16-14(19)12-10(6-8-20-12)9-4-5-9/h2-3,6-9H,4-5H2,1H3,(H,15,18)(H,16,19).